The van der Waals surface area contributed by atoms with Crippen molar-refractivity contribution >= 4 is 12.4 Å². The summed E-state index contributed by atoms with van der Waals surface area (Å²) >= 11 is 0. The average Bonchev–Trinajstić information content (AvgIpc) is 2.67. The smallest absolute Gasteiger partial charge is 0.243 e. The van der Waals surface area contributed by atoms with Crippen LogP contribution in [-0.4, -0.2) is 16.7 Å². The van der Waals surface area contributed by atoms with E-state index in [4.69, 9.17) is 4.52 Å². The molecule has 1 aliphatic rings. The van der Waals surface area contributed by atoms with Crippen molar-refractivity contribution in [2.24, 2.45) is 0 Å². The van der Waals surface area contributed by atoms with Crippen LogP contribution in [0, 0.1) is 0 Å². The fourth-order valence-corrected chi connectivity index (χ4v) is 1.74. The Bertz CT molecular complexity index is 326. The Labute approximate surface area is 103 Å². The lowest BCUT2D eigenvalue weighted by Gasteiger charge is -2.19. The first-order valence-corrected chi connectivity index (χ1v) is 5.65. The van der Waals surface area contributed by atoms with E-state index in [1.807, 2.05) is 0 Å². The van der Waals surface area contributed by atoms with Crippen molar-refractivity contribution in [1.82, 2.24) is 15.5 Å². The van der Waals surface area contributed by atoms with E-state index in [1.165, 1.54) is 12.8 Å². The summed E-state index contributed by atoms with van der Waals surface area (Å²) in [4.78, 5) is 4.46. The molecule has 1 aromatic heterocycles. The Kier molecular flexibility index (Phi) is 4.33. The van der Waals surface area contributed by atoms with Gasteiger partial charge in [0.25, 0.3) is 0 Å². The standard InChI is InChI=1S/C11H19N3O.ClH/c1-11(2,3)10-13-9(15-14-10)8-6-4-5-7-12-8;/h8,12H,4-7H2,1-3H3;1H/t8-;/m0./s1. The molecule has 2 rings (SSSR count). The molecule has 0 unspecified atom stereocenters. The van der Waals surface area contributed by atoms with Crippen LogP contribution in [0.25, 0.3) is 0 Å². The van der Waals surface area contributed by atoms with Crippen molar-refractivity contribution in [3.05, 3.63) is 11.7 Å². The van der Waals surface area contributed by atoms with E-state index in [0.29, 0.717) is 0 Å². The van der Waals surface area contributed by atoms with E-state index >= 15 is 0 Å². The van der Waals surface area contributed by atoms with Crippen LogP contribution in [0.3, 0.4) is 0 Å². The molecule has 1 saturated heterocycles. The summed E-state index contributed by atoms with van der Waals surface area (Å²) in [6.07, 6.45) is 3.59. The predicted molar refractivity (Wildman–Crippen MR) is 64.8 cm³/mol. The van der Waals surface area contributed by atoms with E-state index in [9.17, 15) is 0 Å². The first-order chi connectivity index (χ1) is 7.07. The van der Waals surface area contributed by atoms with E-state index < -0.39 is 0 Å². The molecule has 5 heteroatoms. The van der Waals surface area contributed by atoms with Gasteiger partial charge in [-0.1, -0.05) is 32.3 Å². The Morgan fingerprint density at radius 2 is 2.06 bits per heavy atom. The fourth-order valence-electron chi connectivity index (χ4n) is 1.74. The highest BCUT2D eigenvalue weighted by Gasteiger charge is 2.25. The SMILES string of the molecule is CC(C)(C)c1noc([C@@H]2CCCCN2)n1.Cl. The monoisotopic (exact) mass is 245 g/mol. The minimum absolute atomic E-state index is 0. The number of nitrogens with zero attached hydrogens (tertiary/aromatic N) is 2. The maximum Gasteiger partial charge on any atom is 0.243 e. The second kappa shape index (κ2) is 5.15. The molecule has 1 fully saturated rings. The molecule has 2 heterocycles. The summed E-state index contributed by atoms with van der Waals surface area (Å²) in [5.74, 6) is 1.55. The van der Waals surface area contributed by atoms with Crippen LogP contribution in [0.2, 0.25) is 0 Å². The van der Waals surface area contributed by atoms with Crippen LogP contribution in [-0.2, 0) is 5.41 Å². The summed E-state index contributed by atoms with van der Waals surface area (Å²) < 4.78 is 5.31. The molecule has 92 valence electrons. The largest absolute Gasteiger partial charge is 0.338 e. The molecule has 0 radical (unpaired) electrons. The van der Waals surface area contributed by atoms with E-state index in [2.05, 4.69) is 36.2 Å². The summed E-state index contributed by atoms with van der Waals surface area (Å²) in [5, 5.41) is 7.44. The highest BCUT2D eigenvalue weighted by molar-refractivity contribution is 5.85. The van der Waals surface area contributed by atoms with Crippen molar-refractivity contribution in [2.75, 3.05) is 6.54 Å². The molecule has 0 spiro atoms. The lowest BCUT2D eigenvalue weighted by atomic mass is 9.96. The highest BCUT2D eigenvalue weighted by Crippen LogP contribution is 2.24. The van der Waals surface area contributed by atoms with E-state index in [-0.39, 0.29) is 23.9 Å². The van der Waals surface area contributed by atoms with Crippen LogP contribution in [0.5, 0.6) is 0 Å². The summed E-state index contributed by atoms with van der Waals surface area (Å²) in [5.41, 5.74) is -0.0313. The molecule has 0 bridgehead atoms. The third-order valence-electron chi connectivity index (χ3n) is 2.72. The minimum Gasteiger partial charge on any atom is -0.338 e. The van der Waals surface area contributed by atoms with Crippen LogP contribution < -0.4 is 5.32 Å². The Morgan fingerprint density at radius 1 is 1.31 bits per heavy atom. The quantitative estimate of drug-likeness (QED) is 0.826. The number of aromatic nitrogens is 2. The van der Waals surface area contributed by atoms with Crippen LogP contribution in [0.4, 0.5) is 0 Å². The highest BCUT2D eigenvalue weighted by atomic mass is 35.5. The molecule has 0 aromatic carbocycles. The van der Waals surface area contributed by atoms with Gasteiger partial charge in [-0.05, 0) is 19.4 Å². The molecule has 0 amide bonds. The van der Waals surface area contributed by atoms with E-state index in [1.54, 1.807) is 0 Å². The van der Waals surface area contributed by atoms with Gasteiger partial charge in [0.1, 0.15) is 0 Å². The Morgan fingerprint density at radius 3 is 2.56 bits per heavy atom. The second-order valence-electron chi connectivity index (χ2n) is 5.21. The third kappa shape index (κ3) is 2.95. The van der Waals surface area contributed by atoms with Crippen molar-refractivity contribution in [3.8, 4) is 0 Å². The lowest BCUT2D eigenvalue weighted by Crippen LogP contribution is -2.27. The number of piperidine rings is 1. The van der Waals surface area contributed by atoms with Gasteiger partial charge in [0.2, 0.25) is 5.89 Å². The van der Waals surface area contributed by atoms with Gasteiger partial charge in [0.05, 0.1) is 6.04 Å². The van der Waals surface area contributed by atoms with Crippen molar-refractivity contribution in [2.45, 2.75) is 51.5 Å². The first-order valence-electron chi connectivity index (χ1n) is 5.65. The molecule has 1 aliphatic heterocycles. The van der Waals surface area contributed by atoms with Gasteiger partial charge in [-0.2, -0.15) is 4.98 Å². The zero-order valence-corrected chi connectivity index (χ0v) is 10.9. The lowest BCUT2D eigenvalue weighted by molar-refractivity contribution is 0.294. The van der Waals surface area contributed by atoms with Crippen molar-refractivity contribution in [3.63, 3.8) is 0 Å². The van der Waals surface area contributed by atoms with Crippen LogP contribution in [0.15, 0.2) is 4.52 Å². The molecular formula is C11H20ClN3O. The zero-order valence-electron chi connectivity index (χ0n) is 10.1. The fraction of sp³-hybridized carbons (Fsp3) is 0.818. The first kappa shape index (κ1) is 13.5. The predicted octanol–water partition coefficient (Wildman–Crippen LogP) is 2.60. The van der Waals surface area contributed by atoms with Crippen molar-refractivity contribution < 1.29 is 4.52 Å². The Balaban J connectivity index is 0.00000128. The summed E-state index contributed by atoms with van der Waals surface area (Å²) in [6.45, 7) is 7.33. The molecule has 1 aromatic rings. The average molecular weight is 246 g/mol. The van der Waals surface area contributed by atoms with Gasteiger partial charge in [0.15, 0.2) is 5.82 Å². The molecule has 1 atom stereocenters. The number of hydrogen-bond donors (Lipinski definition) is 1. The second-order valence-corrected chi connectivity index (χ2v) is 5.21. The Hall–Kier alpha value is -0.610. The third-order valence-corrected chi connectivity index (χ3v) is 2.72. The molecule has 0 saturated carbocycles. The molecule has 4 nitrogen and oxygen atoms in total. The van der Waals surface area contributed by atoms with Gasteiger partial charge in [-0.3, -0.25) is 0 Å². The van der Waals surface area contributed by atoms with Gasteiger partial charge >= 0.3 is 0 Å². The number of halogens is 1. The van der Waals surface area contributed by atoms with Gasteiger partial charge < -0.3 is 9.84 Å². The number of hydrogen-bond acceptors (Lipinski definition) is 4. The maximum atomic E-state index is 5.31. The van der Waals surface area contributed by atoms with Crippen molar-refractivity contribution in [1.29, 1.82) is 0 Å². The summed E-state index contributed by atoms with van der Waals surface area (Å²) in [7, 11) is 0. The van der Waals surface area contributed by atoms with E-state index in [0.717, 1.165) is 24.7 Å². The van der Waals surface area contributed by atoms with Crippen LogP contribution >= 0.6 is 12.4 Å². The topological polar surface area (TPSA) is 51.0 Å². The van der Waals surface area contributed by atoms with Gasteiger partial charge in [0, 0.05) is 5.41 Å². The summed E-state index contributed by atoms with van der Waals surface area (Å²) in [6, 6.07) is 0.266. The van der Waals surface area contributed by atoms with Gasteiger partial charge in [-0.25, -0.2) is 0 Å². The van der Waals surface area contributed by atoms with Gasteiger partial charge in [-0.15, -0.1) is 12.4 Å². The minimum atomic E-state index is -0.0313. The zero-order chi connectivity index (χ0) is 10.9. The number of rotatable bonds is 1. The molecule has 1 N–H and O–H groups in total. The maximum absolute atomic E-state index is 5.31. The molecular weight excluding hydrogens is 226 g/mol. The number of nitrogens with one attached hydrogen (secondary N) is 1. The van der Waals surface area contributed by atoms with Crippen LogP contribution in [0.1, 0.15) is 57.8 Å². The molecule has 0 aliphatic carbocycles. The molecule has 16 heavy (non-hydrogen) atoms. The normalized spacial score (nSPS) is 21.6.